The second-order valence-corrected chi connectivity index (χ2v) is 8.77. The molecule has 1 aliphatic carbocycles. The van der Waals surface area contributed by atoms with E-state index in [4.69, 9.17) is 0 Å². The number of nitrogens with zero attached hydrogens (tertiary/aromatic N) is 3. The number of hydrogen-bond donors (Lipinski definition) is 0. The van der Waals surface area contributed by atoms with Gasteiger partial charge in [0.05, 0.1) is 16.8 Å². The van der Waals surface area contributed by atoms with E-state index >= 15 is 0 Å². The van der Waals surface area contributed by atoms with Crippen LogP contribution in [0.15, 0.2) is 40.1 Å². The molecule has 2 aromatic rings. The fourth-order valence-corrected chi connectivity index (χ4v) is 5.57. The van der Waals surface area contributed by atoms with Crippen molar-refractivity contribution in [2.24, 2.45) is 0 Å². The number of carbonyl (C=O) groups excluding carboxylic acids is 1. The molecule has 2 fully saturated rings. The molecule has 2 aliphatic rings. The smallest absolute Gasteiger partial charge is 0.255 e. The molecule has 1 amide bonds. The predicted octanol–water partition coefficient (Wildman–Crippen LogP) is 4.14. The molecule has 0 N–H and O–H groups in total. The number of thiazole rings is 1. The quantitative estimate of drug-likeness (QED) is 0.723. The van der Waals surface area contributed by atoms with Gasteiger partial charge in [0.1, 0.15) is 0 Å². The molecule has 2 heterocycles. The highest BCUT2D eigenvalue weighted by molar-refractivity contribution is 7.98. The van der Waals surface area contributed by atoms with Gasteiger partial charge in [0.25, 0.3) is 5.91 Å². The summed E-state index contributed by atoms with van der Waals surface area (Å²) in [5.74, 6) is 0.987. The van der Waals surface area contributed by atoms with Crippen molar-refractivity contribution in [2.75, 3.05) is 26.2 Å². The molecule has 26 heavy (non-hydrogen) atoms. The standard InChI is InChI=1S/C20H25N3OS2/c24-20(23-11-9-22(10-12-23)17-5-1-2-6-17)18-7-3-4-8-19(18)26-14-16-13-25-15-21-16/h3-4,7-8,13,15,17H,1-2,5-6,9-12,14H2. The zero-order valence-corrected chi connectivity index (χ0v) is 16.6. The fourth-order valence-electron chi connectivity index (χ4n) is 3.96. The van der Waals surface area contributed by atoms with Crippen LogP contribution in [-0.4, -0.2) is 52.9 Å². The van der Waals surface area contributed by atoms with E-state index in [1.165, 1.54) is 25.7 Å². The molecule has 0 bridgehead atoms. The Morgan fingerprint density at radius 1 is 1.15 bits per heavy atom. The third kappa shape index (κ3) is 4.13. The molecule has 138 valence electrons. The van der Waals surface area contributed by atoms with Crippen molar-refractivity contribution in [3.63, 3.8) is 0 Å². The third-order valence-corrected chi connectivity index (χ3v) is 7.16. The zero-order valence-electron chi connectivity index (χ0n) is 15.0. The first-order chi connectivity index (χ1) is 12.8. The molecule has 1 saturated carbocycles. The van der Waals surface area contributed by atoms with Gasteiger partial charge in [-0.2, -0.15) is 0 Å². The monoisotopic (exact) mass is 387 g/mol. The molecular weight excluding hydrogens is 362 g/mol. The summed E-state index contributed by atoms with van der Waals surface area (Å²) in [5, 5.41) is 2.07. The highest BCUT2D eigenvalue weighted by Crippen LogP contribution is 2.28. The molecule has 0 radical (unpaired) electrons. The van der Waals surface area contributed by atoms with Gasteiger partial charge in [-0.15, -0.1) is 23.1 Å². The second kappa shape index (κ2) is 8.55. The Hall–Kier alpha value is -1.37. The first-order valence-corrected chi connectivity index (χ1v) is 11.4. The normalized spacial score (nSPS) is 19.2. The van der Waals surface area contributed by atoms with Gasteiger partial charge in [0.2, 0.25) is 0 Å². The first kappa shape index (κ1) is 18.0. The Bertz CT molecular complexity index is 720. The van der Waals surface area contributed by atoms with Crippen molar-refractivity contribution >= 4 is 29.0 Å². The minimum absolute atomic E-state index is 0.178. The molecule has 1 aliphatic heterocycles. The Morgan fingerprint density at radius 3 is 2.65 bits per heavy atom. The molecule has 1 saturated heterocycles. The number of benzene rings is 1. The van der Waals surface area contributed by atoms with Gasteiger partial charge >= 0.3 is 0 Å². The minimum Gasteiger partial charge on any atom is -0.336 e. The van der Waals surface area contributed by atoms with Crippen molar-refractivity contribution in [1.29, 1.82) is 0 Å². The lowest BCUT2D eigenvalue weighted by Gasteiger charge is -2.38. The number of amides is 1. The number of thioether (sulfide) groups is 1. The van der Waals surface area contributed by atoms with Crippen LogP contribution in [-0.2, 0) is 5.75 Å². The summed E-state index contributed by atoms with van der Waals surface area (Å²) < 4.78 is 0. The number of aromatic nitrogens is 1. The topological polar surface area (TPSA) is 36.4 Å². The van der Waals surface area contributed by atoms with E-state index in [1.54, 1.807) is 23.1 Å². The number of carbonyl (C=O) groups is 1. The maximum atomic E-state index is 13.1. The lowest BCUT2D eigenvalue weighted by atomic mass is 10.1. The highest BCUT2D eigenvalue weighted by atomic mass is 32.2. The molecule has 6 heteroatoms. The van der Waals surface area contributed by atoms with Crippen LogP contribution in [0.25, 0.3) is 0 Å². The van der Waals surface area contributed by atoms with E-state index in [0.29, 0.717) is 0 Å². The summed E-state index contributed by atoms with van der Waals surface area (Å²) in [6.07, 6.45) is 5.41. The van der Waals surface area contributed by atoms with Crippen LogP contribution in [0.2, 0.25) is 0 Å². The van der Waals surface area contributed by atoms with Crippen LogP contribution < -0.4 is 0 Å². The summed E-state index contributed by atoms with van der Waals surface area (Å²) >= 11 is 3.32. The van der Waals surface area contributed by atoms with Crippen LogP contribution in [0.3, 0.4) is 0 Å². The van der Waals surface area contributed by atoms with Gasteiger partial charge in [0.15, 0.2) is 0 Å². The molecule has 1 aromatic heterocycles. The van der Waals surface area contributed by atoms with E-state index in [2.05, 4.69) is 21.3 Å². The summed E-state index contributed by atoms with van der Waals surface area (Å²) in [6, 6.07) is 8.76. The second-order valence-electron chi connectivity index (χ2n) is 7.03. The zero-order chi connectivity index (χ0) is 17.8. The summed E-state index contributed by atoms with van der Waals surface area (Å²) in [4.78, 5) is 23.1. The third-order valence-electron chi connectivity index (χ3n) is 5.42. The van der Waals surface area contributed by atoms with Gasteiger partial charge in [-0.05, 0) is 25.0 Å². The molecule has 0 unspecified atom stereocenters. The maximum absolute atomic E-state index is 13.1. The van der Waals surface area contributed by atoms with Crippen LogP contribution in [0, 0.1) is 0 Å². The fraction of sp³-hybridized carbons (Fsp3) is 0.500. The Morgan fingerprint density at radius 2 is 1.92 bits per heavy atom. The molecule has 0 spiro atoms. The van der Waals surface area contributed by atoms with Crippen molar-refractivity contribution < 1.29 is 4.79 Å². The highest BCUT2D eigenvalue weighted by Gasteiger charge is 2.28. The summed E-state index contributed by atoms with van der Waals surface area (Å²) in [5.41, 5.74) is 3.77. The van der Waals surface area contributed by atoms with Gasteiger partial charge in [-0.25, -0.2) is 4.98 Å². The van der Waals surface area contributed by atoms with E-state index < -0.39 is 0 Å². The average Bonchev–Trinajstić information content (AvgIpc) is 3.40. The predicted molar refractivity (Wildman–Crippen MR) is 108 cm³/mol. The van der Waals surface area contributed by atoms with Crippen LogP contribution in [0.4, 0.5) is 0 Å². The summed E-state index contributed by atoms with van der Waals surface area (Å²) in [7, 11) is 0. The molecule has 4 nitrogen and oxygen atoms in total. The molecular formula is C20H25N3OS2. The molecule has 4 rings (SSSR count). The van der Waals surface area contributed by atoms with Crippen LogP contribution >= 0.6 is 23.1 Å². The average molecular weight is 388 g/mol. The van der Waals surface area contributed by atoms with Gasteiger partial charge < -0.3 is 4.90 Å². The number of piperazine rings is 1. The van der Waals surface area contributed by atoms with Crippen molar-refractivity contribution in [3.05, 3.63) is 46.4 Å². The SMILES string of the molecule is O=C(c1ccccc1SCc1cscn1)N1CCN(C2CCCC2)CC1. The largest absolute Gasteiger partial charge is 0.336 e. The summed E-state index contributed by atoms with van der Waals surface area (Å²) in [6.45, 7) is 3.73. The lowest BCUT2D eigenvalue weighted by molar-refractivity contribution is 0.0570. The van der Waals surface area contributed by atoms with Crippen LogP contribution in [0.5, 0.6) is 0 Å². The van der Waals surface area contributed by atoms with E-state index in [1.807, 2.05) is 28.6 Å². The van der Waals surface area contributed by atoms with E-state index in [-0.39, 0.29) is 5.91 Å². The number of hydrogen-bond acceptors (Lipinski definition) is 5. The van der Waals surface area contributed by atoms with Crippen molar-refractivity contribution in [1.82, 2.24) is 14.8 Å². The van der Waals surface area contributed by atoms with Gasteiger partial charge in [-0.1, -0.05) is 25.0 Å². The van der Waals surface area contributed by atoms with E-state index in [0.717, 1.165) is 54.1 Å². The van der Waals surface area contributed by atoms with Gasteiger partial charge in [-0.3, -0.25) is 9.69 Å². The van der Waals surface area contributed by atoms with Crippen LogP contribution in [0.1, 0.15) is 41.7 Å². The van der Waals surface area contributed by atoms with Gasteiger partial charge in [0, 0.05) is 48.2 Å². The Balaban J connectivity index is 1.38. The van der Waals surface area contributed by atoms with Crippen molar-refractivity contribution in [2.45, 2.75) is 42.4 Å². The first-order valence-electron chi connectivity index (χ1n) is 9.43. The van der Waals surface area contributed by atoms with Crippen molar-refractivity contribution in [3.8, 4) is 0 Å². The maximum Gasteiger partial charge on any atom is 0.255 e. The number of rotatable bonds is 5. The lowest BCUT2D eigenvalue weighted by Crippen LogP contribution is -2.51. The molecule has 1 aromatic carbocycles. The minimum atomic E-state index is 0.178. The molecule has 0 atom stereocenters. The van der Waals surface area contributed by atoms with E-state index in [9.17, 15) is 4.79 Å². The Labute approximate surface area is 163 Å². The Kier molecular flexibility index (Phi) is 5.92.